The van der Waals surface area contributed by atoms with Gasteiger partial charge in [-0.15, -0.1) is 0 Å². The molecule has 32 heavy (non-hydrogen) atoms. The van der Waals surface area contributed by atoms with E-state index in [2.05, 4.69) is 15.2 Å². The van der Waals surface area contributed by atoms with E-state index in [4.69, 9.17) is 14.6 Å². The van der Waals surface area contributed by atoms with Gasteiger partial charge in [-0.25, -0.2) is 4.98 Å². The van der Waals surface area contributed by atoms with Crippen LogP contribution in [0, 0.1) is 5.92 Å². The first-order valence-electron chi connectivity index (χ1n) is 10.9. The average molecular weight is 449 g/mol. The van der Waals surface area contributed by atoms with Gasteiger partial charge in [-0.1, -0.05) is 0 Å². The van der Waals surface area contributed by atoms with Crippen molar-refractivity contribution in [1.29, 1.82) is 0 Å². The number of nitrogens with one attached hydrogen (secondary N) is 1. The zero-order valence-electron chi connectivity index (χ0n) is 18.8. The summed E-state index contributed by atoms with van der Waals surface area (Å²) in [5.41, 5.74) is 2.20. The predicted octanol–water partition coefficient (Wildman–Crippen LogP) is 0.617. The molecule has 2 fully saturated rings. The van der Waals surface area contributed by atoms with Crippen molar-refractivity contribution in [1.82, 2.24) is 20.1 Å². The van der Waals surface area contributed by atoms with E-state index in [9.17, 15) is 14.7 Å². The number of ether oxygens (including phenoxy) is 1. The monoisotopic (exact) mass is 448 g/mol. The first kappa shape index (κ1) is 23.9. The standard InChI is InChI=1S/C21H30N4O4.CH2O2/c1-12(2)25-11-18-17(21(25)28)6-14(20(23-18)29-3)8-24-9-15(7-16(26)10-24)22-19(27)13-4-5-13;2-1-3/h6,12-13,15-16,26H,4-5,7-11H2,1-3H3,(H,22,27);1H,(H,2,3)/t15-,16+;/m0./s1. The van der Waals surface area contributed by atoms with Crippen molar-refractivity contribution in [2.45, 2.75) is 64.4 Å². The van der Waals surface area contributed by atoms with Gasteiger partial charge < -0.3 is 25.2 Å². The zero-order chi connectivity index (χ0) is 23.4. The van der Waals surface area contributed by atoms with Crippen LogP contribution in [0.2, 0.25) is 0 Å². The maximum absolute atomic E-state index is 12.7. The van der Waals surface area contributed by atoms with Crippen molar-refractivity contribution in [3.05, 3.63) is 22.9 Å². The Labute approximate surface area is 187 Å². The van der Waals surface area contributed by atoms with E-state index in [0.717, 1.165) is 24.1 Å². The molecule has 0 unspecified atom stereocenters. The van der Waals surface area contributed by atoms with E-state index in [1.54, 1.807) is 12.0 Å². The number of aliphatic hydroxyl groups excluding tert-OH is 1. The molecule has 3 N–H and O–H groups in total. The number of hydrogen-bond acceptors (Lipinski definition) is 7. The topological polar surface area (TPSA) is 132 Å². The molecule has 0 spiro atoms. The number of likely N-dealkylation sites (tertiary alicyclic amines) is 1. The SMILES string of the molecule is COc1nc2c(cc1CN1C[C@H](O)C[C@H](NC(=O)C3CC3)C1)C(=O)N(C(C)C)C2.O=CO. The minimum atomic E-state index is -0.500. The largest absolute Gasteiger partial charge is 0.483 e. The second-order valence-electron chi connectivity index (χ2n) is 8.85. The van der Waals surface area contributed by atoms with Gasteiger partial charge in [-0.05, 0) is 39.2 Å². The summed E-state index contributed by atoms with van der Waals surface area (Å²) >= 11 is 0. The van der Waals surface area contributed by atoms with Crippen molar-refractivity contribution in [2.24, 2.45) is 5.92 Å². The molecule has 1 saturated heterocycles. The number of nitrogens with zero attached hydrogens (tertiary/aromatic N) is 3. The maximum atomic E-state index is 12.7. The molecule has 10 heteroatoms. The summed E-state index contributed by atoms with van der Waals surface area (Å²) in [7, 11) is 1.58. The molecule has 3 heterocycles. The van der Waals surface area contributed by atoms with Crippen LogP contribution in [0.15, 0.2) is 6.07 Å². The van der Waals surface area contributed by atoms with E-state index in [-0.39, 0.29) is 36.3 Å². The highest BCUT2D eigenvalue weighted by atomic mass is 16.5. The second-order valence-corrected chi connectivity index (χ2v) is 8.85. The second kappa shape index (κ2) is 10.3. The van der Waals surface area contributed by atoms with Crippen LogP contribution < -0.4 is 10.1 Å². The number of methoxy groups -OCH3 is 1. The fourth-order valence-corrected chi connectivity index (χ4v) is 4.28. The number of aromatic nitrogens is 1. The molecule has 1 aromatic heterocycles. The number of fused-ring (bicyclic) bond motifs is 1. The number of piperidine rings is 1. The van der Waals surface area contributed by atoms with E-state index in [0.29, 0.717) is 44.0 Å². The third kappa shape index (κ3) is 5.55. The molecule has 1 saturated carbocycles. The summed E-state index contributed by atoms with van der Waals surface area (Å²) in [6, 6.07) is 1.92. The molecule has 10 nitrogen and oxygen atoms in total. The maximum Gasteiger partial charge on any atom is 0.290 e. The fourth-order valence-electron chi connectivity index (χ4n) is 4.28. The Morgan fingerprint density at radius 1 is 1.38 bits per heavy atom. The van der Waals surface area contributed by atoms with Crippen LogP contribution in [0.5, 0.6) is 5.88 Å². The lowest BCUT2D eigenvalue weighted by atomic mass is 10.0. The Morgan fingerprint density at radius 2 is 2.06 bits per heavy atom. The minimum Gasteiger partial charge on any atom is -0.483 e. The van der Waals surface area contributed by atoms with Gasteiger partial charge in [0.15, 0.2) is 0 Å². The number of amides is 2. The number of carbonyl (C=O) groups excluding carboxylic acids is 2. The highest BCUT2D eigenvalue weighted by Gasteiger charge is 2.35. The van der Waals surface area contributed by atoms with Crippen LogP contribution in [-0.2, 0) is 22.7 Å². The van der Waals surface area contributed by atoms with E-state index >= 15 is 0 Å². The summed E-state index contributed by atoms with van der Waals surface area (Å²) in [5, 5.41) is 20.3. The Balaban J connectivity index is 0.000000913. The molecule has 0 aromatic carbocycles. The summed E-state index contributed by atoms with van der Waals surface area (Å²) < 4.78 is 5.50. The van der Waals surface area contributed by atoms with Gasteiger partial charge >= 0.3 is 0 Å². The Bertz CT molecular complexity index is 857. The summed E-state index contributed by atoms with van der Waals surface area (Å²) in [6.07, 6.45) is 1.99. The van der Waals surface area contributed by atoms with Crippen molar-refractivity contribution < 1.29 is 29.3 Å². The fraction of sp³-hybridized carbons (Fsp3) is 0.636. The normalized spacial score (nSPS) is 22.8. The lowest BCUT2D eigenvalue weighted by Crippen LogP contribution is -2.52. The van der Waals surface area contributed by atoms with Crippen LogP contribution >= 0.6 is 0 Å². The quantitative estimate of drug-likeness (QED) is 0.540. The van der Waals surface area contributed by atoms with E-state index in [1.807, 2.05) is 19.9 Å². The molecule has 1 aromatic rings. The lowest BCUT2D eigenvalue weighted by molar-refractivity contribution is -0.124. The van der Waals surface area contributed by atoms with Crippen LogP contribution in [0.1, 0.15) is 54.7 Å². The van der Waals surface area contributed by atoms with Crippen molar-refractivity contribution in [3.63, 3.8) is 0 Å². The number of carboxylic acid groups (broad SMARTS) is 1. The molecule has 176 valence electrons. The van der Waals surface area contributed by atoms with E-state index in [1.165, 1.54) is 0 Å². The third-order valence-electron chi connectivity index (χ3n) is 5.96. The van der Waals surface area contributed by atoms with Gasteiger partial charge in [0.05, 0.1) is 31.0 Å². The first-order chi connectivity index (χ1) is 15.3. The van der Waals surface area contributed by atoms with Gasteiger partial charge in [-0.3, -0.25) is 19.3 Å². The molecule has 1 aliphatic carbocycles. The van der Waals surface area contributed by atoms with Gasteiger partial charge in [0.25, 0.3) is 12.4 Å². The van der Waals surface area contributed by atoms with Crippen LogP contribution in [0.4, 0.5) is 0 Å². The molecule has 2 atom stereocenters. The molecule has 0 radical (unpaired) electrons. The molecule has 2 amide bonds. The van der Waals surface area contributed by atoms with Gasteiger partial charge in [0, 0.05) is 43.2 Å². The van der Waals surface area contributed by atoms with Crippen LogP contribution in [-0.4, -0.2) is 81.7 Å². The average Bonchev–Trinajstić information content (AvgIpc) is 3.52. The van der Waals surface area contributed by atoms with Crippen LogP contribution in [0.3, 0.4) is 0 Å². The first-order valence-corrected chi connectivity index (χ1v) is 10.9. The number of pyridine rings is 1. The molecule has 2 aliphatic heterocycles. The van der Waals surface area contributed by atoms with Crippen LogP contribution in [0.25, 0.3) is 0 Å². The minimum absolute atomic E-state index is 0.000319. The number of rotatable bonds is 6. The van der Waals surface area contributed by atoms with Crippen molar-refractivity contribution >= 4 is 18.3 Å². The number of β-amino-alcohol motifs (C(OH)–C–C–N with tert-alkyl or cyclic N) is 1. The van der Waals surface area contributed by atoms with Gasteiger partial charge in [0.1, 0.15) is 0 Å². The highest BCUT2D eigenvalue weighted by molar-refractivity contribution is 5.98. The Kier molecular flexibility index (Phi) is 7.68. The molecule has 0 bridgehead atoms. The van der Waals surface area contributed by atoms with Gasteiger partial charge in [0.2, 0.25) is 11.8 Å². The van der Waals surface area contributed by atoms with Gasteiger partial charge in [-0.2, -0.15) is 0 Å². The highest BCUT2D eigenvalue weighted by Crippen LogP contribution is 2.31. The zero-order valence-corrected chi connectivity index (χ0v) is 18.8. The Hall–Kier alpha value is -2.72. The summed E-state index contributed by atoms with van der Waals surface area (Å²) in [6.45, 7) is 5.91. The molecular weight excluding hydrogens is 416 g/mol. The van der Waals surface area contributed by atoms with Crippen molar-refractivity contribution in [2.75, 3.05) is 20.2 Å². The number of aliphatic hydroxyl groups is 1. The lowest BCUT2D eigenvalue weighted by Gasteiger charge is -2.36. The molecule has 3 aliphatic rings. The molecular formula is C22H32N4O6. The number of carbonyl (C=O) groups is 3. The summed E-state index contributed by atoms with van der Waals surface area (Å²) in [4.78, 5) is 41.7. The number of hydrogen-bond donors (Lipinski definition) is 3. The predicted molar refractivity (Wildman–Crippen MR) is 115 cm³/mol. The Morgan fingerprint density at radius 3 is 2.66 bits per heavy atom. The van der Waals surface area contributed by atoms with E-state index < -0.39 is 6.10 Å². The third-order valence-corrected chi connectivity index (χ3v) is 5.96. The smallest absolute Gasteiger partial charge is 0.290 e. The molecule has 4 rings (SSSR count). The summed E-state index contributed by atoms with van der Waals surface area (Å²) in [5.74, 6) is 0.763. The van der Waals surface area contributed by atoms with Crippen molar-refractivity contribution in [3.8, 4) is 5.88 Å².